The number of nitrogens with zero attached hydrogens (tertiary/aromatic N) is 1. The number of rotatable bonds is 9. The van der Waals surface area contributed by atoms with E-state index in [4.69, 9.17) is 9.47 Å². The number of hydrogen-bond acceptors (Lipinski definition) is 6. The third-order valence-electron chi connectivity index (χ3n) is 3.83. The van der Waals surface area contributed by atoms with E-state index in [1.165, 1.54) is 0 Å². The van der Waals surface area contributed by atoms with E-state index in [2.05, 4.69) is 10.3 Å². The first kappa shape index (κ1) is 19.9. The molecular weight excluding hydrogens is 352 g/mol. The minimum atomic E-state index is -0.536. The van der Waals surface area contributed by atoms with Crippen LogP contribution in [0.2, 0.25) is 0 Å². The maximum atomic E-state index is 12.0. The van der Waals surface area contributed by atoms with Gasteiger partial charge in [0.05, 0.1) is 16.3 Å². The summed E-state index contributed by atoms with van der Waals surface area (Å²) in [6.07, 6.45) is 1.69. The third kappa shape index (κ3) is 6.15. The second kappa shape index (κ2) is 9.91. The number of thiazole rings is 1. The molecule has 26 heavy (non-hydrogen) atoms. The molecule has 140 valence electrons. The molecule has 0 aliphatic heterocycles. The molecule has 0 spiro atoms. The number of amides is 1. The highest BCUT2D eigenvalue weighted by molar-refractivity contribution is 7.09. The van der Waals surface area contributed by atoms with Gasteiger partial charge < -0.3 is 14.8 Å². The highest BCUT2D eigenvalue weighted by Gasteiger charge is 2.13. The summed E-state index contributed by atoms with van der Waals surface area (Å²) in [4.78, 5) is 28.1. The van der Waals surface area contributed by atoms with Gasteiger partial charge in [-0.15, -0.1) is 11.3 Å². The van der Waals surface area contributed by atoms with Crippen molar-refractivity contribution in [3.05, 3.63) is 45.9 Å². The Labute approximate surface area is 157 Å². The zero-order valence-electron chi connectivity index (χ0n) is 15.3. The zero-order valence-corrected chi connectivity index (χ0v) is 16.1. The Morgan fingerprint density at radius 1 is 1.19 bits per heavy atom. The van der Waals surface area contributed by atoms with Gasteiger partial charge in [0.15, 0.2) is 6.61 Å². The second-order valence-electron chi connectivity index (χ2n) is 5.83. The highest BCUT2D eigenvalue weighted by Crippen LogP contribution is 2.16. The van der Waals surface area contributed by atoms with Crippen molar-refractivity contribution in [1.82, 2.24) is 10.3 Å². The summed E-state index contributed by atoms with van der Waals surface area (Å²) < 4.78 is 10.7. The Hall–Kier alpha value is -2.41. The molecular formula is C19H24N2O4S. The molecule has 0 saturated carbocycles. The van der Waals surface area contributed by atoms with Gasteiger partial charge in [0.25, 0.3) is 5.91 Å². The van der Waals surface area contributed by atoms with Crippen LogP contribution in [0.5, 0.6) is 5.75 Å². The molecule has 1 N–H and O–H groups in total. The van der Waals surface area contributed by atoms with E-state index >= 15 is 0 Å². The van der Waals surface area contributed by atoms with Crippen LogP contribution < -0.4 is 10.1 Å². The van der Waals surface area contributed by atoms with Crippen molar-refractivity contribution < 1.29 is 19.1 Å². The van der Waals surface area contributed by atoms with Gasteiger partial charge in [0.2, 0.25) is 0 Å². The fourth-order valence-electron chi connectivity index (χ4n) is 2.30. The number of ether oxygens (including phenoxy) is 2. The molecule has 1 heterocycles. The predicted molar refractivity (Wildman–Crippen MR) is 100 cm³/mol. The number of carbonyl (C=O) groups is 2. The van der Waals surface area contributed by atoms with Crippen molar-refractivity contribution in [3.8, 4) is 5.75 Å². The van der Waals surface area contributed by atoms with Crippen LogP contribution in [0.1, 0.15) is 47.7 Å². The molecule has 1 aromatic heterocycles. The van der Waals surface area contributed by atoms with Crippen LogP contribution in [0.25, 0.3) is 0 Å². The lowest BCUT2D eigenvalue weighted by molar-refractivity contribution is -0.125. The summed E-state index contributed by atoms with van der Waals surface area (Å²) >= 11 is 1.57. The first-order valence-electron chi connectivity index (χ1n) is 8.62. The Morgan fingerprint density at radius 3 is 2.46 bits per heavy atom. The smallest absolute Gasteiger partial charge is 0.338 e. The fourth-order valence-corrected chi connectivity index (χ4v) is 2.89. The summed E-state index contributed by atoms with van der Waals surface area (Å²) in [6, 6.07) is 6.73. The number of aromatic nitrogens is 1. The van der Waals surface area contributed by atoms with Crippen LogP contribution in [-0.4, -0.2) is 29.5 Å². The topological polar surface area (TPSA) is 77.5 Å². The van der Waals surface area contributed by atoms with Gasteiger partial charge in [-0.1, -0.05) is 13.8 Å². The molecule has 6 nitrogen and oxygen atoms in total. The van der Waals surface area contributed by atoms with E-state index in [0.717, 1.165) is 23.5 Å². The first-order chi connectivity index (χ1) is 12.5. The molecule has 1 amide bonds. The molecule has 0 radical (unpaired) electrons. The van der Waals surface area contributed by atoms with Crippen LogP contribution >= 0.6 is 11.3 Å². The van der Waals surface area contributed by atoms with Gasteiger partial charge in [-0.3, -0.25) is 4.79 Å². The zero-order chi connectivity index (χ0) is 18.9. The predicted octanol–water partition coefficient (Wildman–Crippen LogP) is 3.49. The molecule has 0 saturated heterocycles. The van der Waals surface area contributed by atoms with Gasteiger partial charge in [-0.05, 0) is 44.0 Å². The summed E-state index contributed by atoms with van der Waals surface area (Å²) in [5.41, 5.74) is 1.25. The largest absolute Gasteiger partial charge is 0.487 e. The van der Waals surface area contributed by atoms with Gasteiger partial charge in [0.1, 0.15) is 12.4 Å². The molecule has 0 unspecified atom stereocenters. The summed E-state index contributed by atoms with van der Waals surface area (Å²) in [5.74, 6) is -0.185. The van der Waals surface area contributed by atoms with Crippen molar-refractivity contribution in [2.75, 3.05) is 6.61 Å². The van der Waals surface area contributed by atoms with Crippen LogP contribution in [0, 0.1) is 6.92 Å². The minimum Gasteiger partial charge on any atom is -0.487 e. The fraction of sp³-hybridized carbons (Fsp3) is 0.421. The number of nitrogens with one attached hydrogen (secondary N) is 1. The van der Waals surface area contributed by atoms with Crippen molar-refractivity contribution in [2.45, 2.75) is 46.3 Å². The lowest BCUT2D eigenvalue weighted by Crippen LogP contribution is -2.36. The minimum absolute atomic E-state index is 0.110. The number of carbonyl (C=O) groups excluding carboxylic acids is 2. The number of hydrogen-bond donors (Lipinski definition) is 1. The van der Waals surface area contributed by atoms with Crippen LogP contribution in [0.15, 0.2) is 29.6 Å². The normalized spacial score (nSPS) is 10.6. The third-order valence-corrected chi connectivity index (χ3v) is 4.65. The van der Waals surface area contributed by atoms with Gasteiger partial charge in [-0.2, -0.15) is 0 Å². The summed E-state index contributed by atoms with van der Waals surface area (Å²) in [7, 11) is 0. The maximum Gasteiger partial charge on any atom is 0.338 e. The van der Waals surface area contributed by atoms with Gasteiger partial charge in [-0.25, -0.2) is 9.78 Å². The van der Waals surface area contributed by atoms with Gasteiger partial charge >= 0.3 is 5.97 Å². The highest BCUT2D eigenvalue weighted by atomic mass is 32.1. The molecule has 0 bridgehead atoms. The van der Waals surface area contributed by atoms with Crippen molar-refractivity contribution >= 4 is 23.2 Å². The Morgan fingerprint density at radius 2 is 1.88 bits per heavy atom. The SMILES string of the molecule is CCC(CC)NC(=O)COC(=O)c1ccc(OCc2csc(C)n2)cc1. The summed E-state index contributed by atoms with van der Waals surface area (Å²) in [6.45, 7) is 6.04. The van der Waals surface area contributed by atoms with E-state index in [9.17, 15) is 9.59 Å². The molecule has 0 aliphatic carbocycles. The van der Waals surface area contributed by atoms with Crippen molar-refractivity contribution in [2.24, 2.45) is 0 Å². The Bertz CT molecular complexity index is 723. The second-order valence-corrected chi connectivity index (χ2v) is 6.89. The van der Waals surface area contributed by atoms with E-state index in [-0.39, 0.29) is 18.6 Å². The first-order valence-corrected chi connectivity index (χ1v) is 9.50. The molecule has 1 aromatic carbocycles. The molecule has 0 atom stereocenters. The van der Waals surface area contributed by atoms with Crippen LogP contribution in [0.4, 0.5) is 0 Å². The van der Waals surface area contributed by atoms with Crippen molar-refractivity contribution in [3.63, 3.8) is 0 Å². The number of benzene rings is 1. The van der Waals surface area contributed by atoms with Crippen LogP contribution in [0.3, 0.4) is 0 Å². The number of esters is 1. The number of aryl methyl sites for hydroxylation is 1. The van der Waals surface area contributed by atoms with E-state index in [1.807, 2.05) is 26.2 Å². The lowest BCUT2D eigenvalue weighted by atomic mass is 10.2. The van der Waals surface area contributed by atoms with Gasteiger partial charge in [0, 0.05) is 11.4 Å². The average Bonchev–Trinajstić information content (AvgIpc) is 3.08. The molecule has 2 rings (SSSR count). The molecule has 2 aromatic rings. The average molecular weight is 376 g/mol. The standard InChI is InChI=1S/C19H24N2O4S/c1-4-15(5-2)21-18(22)11-25-19(23)14-6-8-17(9-7-14)24-10-16-12-26-13(3)20-16/h6-9,12,15H,4-5,10-11H2,1-3H3,(H,21,22). The monoisotopic (exact) mass is 376 g/mol. The van der Waals surface area contributed by atoms with E-state index in [0.29, 0.717) is 17.9 Å². The quantitative estimate of drug-likeness (QED) is 0.678. The Balaban J connectivity index is 1.79. The van der Waals surface area contributed by atoms with E-state index in [1.54, 1.807) is 35.6 Å². The van der Waals surface area contributed by atoms with E-state index < -0.39 is 5.97 Å². The lowest BCUT2D eigenvalue weighted by Gasteiger charge is -2.14. The molecule has 0 fully saturated rings. The maximum absolute atomic E-state index is 12.0. The molecule has 0 aliphatic rings. The van der Waals surface area contributed by atoms with Crippen LogP contribution in [-0.2, 0) is 16.1 Å². The van der Waals surface area contributed by atoms with Crippen molar-refractivity contribution in [1.29, 1.82) is 0 Å². The Kier molecular flexibility index (Phi) is 7.59. The summed E-state index contributed by atoms with van der Waals surface area (Å²) in [5, 5.41) is 5.77. The molecule has 7 heteroatoms.